The summed E-state index contributed by atoms with van der Waals surface area (Å²) >= 11 is 0. The monoisotopic (exact) mass is 250 g/mol. The van der Waals surface area contributed by atoms with Gasteiger partial charge in [0.25, 0.3) is 0 Å². The molecule has 0 atom stereocenters. The van der Waals surface area contributed by atoms with Gasteiger partial charge in [-0.1, -0.05) is 0 Å². The van der Waals surface area contributed by atoms with E-state index in [1.54, 1.807) is 6.07 Å². The van der Waals surface area contributed by atoms with Gasteiger partial charge in [-0.05, 0) is 30.3 Å². The molecule has 0 N–H and O–H groups in total. The second kappa shape index (κ2) is 5.04. The van der Waals surface area contributed by atoms with Crippen LogP contribution in [0.15, 0.2) is 36.4 Å². The zero-order chi connectivity index (χ0) is 13.1. The maximum Gasteiger partial charge on any atom is 0.134 e. The summed E-state index contributed by atoms with van der Waals surface area (Å²) in [6, 6.07) is 8.47. The minimum absolute atomic E-state index is 0.162. The Morgan fingerprint density at radius 3 is 1.94 bits per heavy atom. The fourth-order valence-corrected chi connectivity index (χ4v) is 1.68. The molecule has 0 radical (unpaired) electrons. The minimum atomic E-state index is -0.540. The maximum atomic E-state index is 13.9. The molecule has 0 fully saturated rings. The molecule has 0 bridgehead atoms. The summed E-state index contributed by atoms with van der Waals surface area (Å²) in [5.74, 6) is -0.178. The standard InChI is InChI=1S/C14H12F2O2/c1-17-9-4-6-13(15)12(7-9)11-5-3-10(18-2)8-14(11)16/h3-8H,1-2H3. The molecule has 4 heteroatoms. The first kappa shape index (κ1) is 12.4. The Labute approximate surface area is 104 Å². The largest absolute Gasteiger partial charge is 0.497 e. The van der Waals surface area contributed by atoms with Gasteiger partial charge in [-0.25, -0.2) is 8.78 Å². The number of benzene rings is 2. The van der Waals surface area contributed by atoms with Gasteiger partial charge >= 0.3 is 0 Å². The molecule has 0 heterocycles. The molecule has 0 aliphatic heterocycles. The average Bonchev–Trinajstić information content (AvgIpc) is 2.39. The van der Waals surface area contributed by atoms with Gasteiger partial charge in [0, 0.05) is 17.2 Å². The van der Waals surface area contributed by atoms with E-state index in [0.717, 1.165) is 0 Å². The van der Waals surface area contributed by atoms with Crippen LogP contribution in [-0.2, 0) is 0 Å². The topological polar surface area (TPSA) is 18.5 Å². The lowest BCUT2D eigenvalue weighted by Gasteiger charge is -2.08. The summed E-state index contributed by atoms with van der Waals surface area (Å²) in [4.78, 5) is 0. The van der Waals surface area contributed by atoms with Crippen molar-refractivity contribution < 1.29 is 18.3 Å². The van der Waals surface area contributed by atoms with Crippen molar-refractivity contribution in [2.24, 2.45) is 0 Å². The van der Waals surface area contributed by atoms with Crippen molar-refractivity contribution in [3.05, 3.63) is 48.0 Å². The van der Waals surface area contributed by atoms with E-state index in [0.29, 0.717) is 11.5 Å². The highest BCUT2D eigenvalue weighted by Gasteiger charge is 2.12. The van der Waals surface area contributed by atoms with Crippen molar-refractivity contribution in [2.45, 2.75) is 0 Å². The van der Waals surface area contributed by atoms with Crippen LogP contribution in [0.4, 0.5) is 8.78 Å². The molecule has 0 amide bonds. The first-order valence-corrected chi connectivity index (χ1v) is 5.33. The summed E-state index contributed by atoms with van der Waals surface area (Å²) < 4.78 is 37.5. The normalized spacial score (nSPS) is 10.2. The molecule has 0 spiro atoms. The zero-order valence-corrected chi connectivity index (χ0v) is 10.0. The number of ether oxygens (including phenoxy) is 2. The van der Waals surface area contributed by atoms with E-state index in [-0.39, 0.29) is 11.1 Å². The van der Waals surface area contributed by atoms with Crippen molar-refractivity contribution in [1.82, 2.24) is 0 Å². The second-order valence-electron chi connectivity index (χ2n) is 3.69. The van der Waals surface area contributed by atoms with Crippen molar-refractivity contribution in [3.8, 4) is 22.6 Å². The predicted octanol–water partition coefficient (Wildman–Crippen LogP) is 3.65. The molecule has 0 aromatic heterocycles. The molecule has 2 nitrogen and oxygen atoms in total. The van der Waals surface area contributed by atoms with Crippen molar-refractivity contribution in [3.63, 3.8) is 0 Å². The van der Waals surface area contributed by atoms with Crippen LogP contribution in [0.3, 0.4) is 0 Å². The first-order chi connectivity index (χ1) is 8.65. The van der Waals surface area contributed by atoms with Crippen LogP contribution in [-0.4, -0.2) is 14.2 Å². The van der Waals surface area contributed by atoms with Gasteiger partial charge in [0.2, 0.25) is 0 Å². The third-order valence-corrected chi connectivity index (χ3v) is 2.64. The minimum Gasteiger partial charge on any atom is -0.497 e. The van der Waals surface area contributed by atoms with Crippen molar-refractivity contribution >= 4 is 0 Å². The van der Waals surface area contributed by atoms with Gasteiger partial charge in [-0.3, -0.25) is 0 Å². The number of halogens is 2. The van der Waals surface area contributed by atoms with Crippen LogP contribution in [0.5, 0.6) is 11.5 Å². The molecule has 94 valence electrons. The third kappa shape index (κ3) is 2.27. The smallest absolute Gasteiger partial charge is 0.134 e. The quantitative estimate of drug-likeness (QED) is 0.827. The van der Waals surface area contributed by atoms with E-state index in [9.17, 15) is 8.78 Å². The van der Waals surface area contributed by atoms with Gasteiger partial charge in [0.15, 0.2) is 0 Å². The Balaban J connectivity index is 2.54. The molecule has 2 aromatic carbocycles. The Morgan fingerprint density at radius 1 is 0.722 bits per heavy atom. The summed E-state index contributed by atoms with van der Waals surface area (Å²) in [5.41, 5.74) is 0.335. The van der Waals surface area contributed by atoms with E-state index >= 15 is 0 Å². The Bertz CT molecular complexity index is 568. The van der Waals surface area contributed by atoms with Crippen LogP contribution in [0, 0.1) is 11.6 Å². The summed E-state index contributed by atoms with van der Waals surface area (Å²) in [6.07, 6.45) is 0. The van der Waals surface area contributed by atoms with Crippen molar-refractivity contribution in [1.29, 1.82) is 0 Å². The number of rotatable bonds is 3. The molecule has 0 saturated heterocycles. The molecule has 18 heavy (non-hydrogen) atoms. The van der Waals surface area contributed by atoms with Crippen LogP contribution >= 0.6 is 0 Å². The summed E-state index contributed by atoms with van der Waals surface area (Å²) in [5, 5.41) is 0. The SMILES string of the molecule is COc1ccc(-c2cc(OC)ccc2F)c(F)c1. The van der Waals surface area contributed by atoms with Crippen molar-refractivity contribution in [2.75, 3.05) is 14.2 Å². The number of methoxy groups -OCH3 is 2. The van der Waals surface area contributed by atoms with E-state index in [1.165, 1.54) is 44.6 Å². The van der Waals surface area contributed by atoms with Crippen LogP contribution < -0.4 is 9.47 Å². The third-order valence-electron chi connectivity index (χ3n) is 2.64. The molecule has 2 rings (SSSR count). The van der Waals surface area contributed by atoms with Gasteiger partial charge in [-0.2, -0.15) is 0 Å². The molecule has 0 unspecified atom stereocenters. The highest BCUT2D eigenvalue weighted by atomic mass is 19.1. The van der Waals surface area contributed by atoms with Crippen LogP contribution in [0.25, 0.3) is 11.1 Å². The Hall–Kier alpha value is -2.10. The summed E-state index contributed by atoms with van der Waals surface area (Å²) in [6.45, 7) is 0. The van der Waals surface area contributed by atoms with Gasteiger partial charge in [-0.15, -0.1) is 0 Å². The lowest BCUT2D eigenvalue weighted by atomic mass is 10.0. The molecule has 0 aliphatic rings. The highest BCUT2D eigenvalue weighted by molar-refractivity contribution is 5.67. The highest BCUT2D eigenvalue weighted by Crippen LogP contribution is 2.30. The first-order valence-electron chi connectivity index (χ1n) is 5.33. The van der Waals surface area contributed by atoms with Crippen LogP contribution in [0.1, 0.15) is 0 Å². The van der Waals surface area contributed by atoms with Gasteiger partial charge < -0.3 is 9.47 Å². The molecular formula is C14H12F2O2. The van der Waals surface area contributed by atoms with Gasteiger partial charge in [0.1, 0.15) is 23.1 Å². The predicted molar refractivity (Wildman–Crippen MR) is 64.9 cm³/mol. The zero-order valence-electron chi connectivity index (χ0n) is 10.0. The van der Waals surface area contributed by atoms with E-state index < -0.39 is 11.6 Å². The second-order valence-corrected chi connectivity index (χ2v) is 3.69. The lowest BCUT2D eigenvalue weighted by Crippen LogP contribution is -1.92. The fraction of sp³-hybridized carbons (Fsp3) is 0.143. The number of hydrogen-bond donors (Lipinski definition) is 0. The molecule has 2 aromatic rings. The number of hydrogen-bond acceptors (Lipinski definition) is 2. The molecule has 0 saturated carbocycles. The van der Waals surface area contributed by atoms with Crippen LogP contribution in [0.2, 0.25) is 0 Å². The maximum absolute atomic E-state index is 13.9. The average molecular weight is 250 g/mol. The van der Waals surface area contributed by atoms with E-state index in [1.807, 2.05) is 0 Å². The Morgan fingerprint density at radius 2 is 1.33 bits per heavy atom. The van der Waals surface area contributed by atoms with Gasteiger partial charge in [0.05, 0.1) is 14.2 Å². The van der Waals surface area contributed by atoms with E-state index in [4.69, 9.17) is 9.47 Å². The Kier molecular flexibility index (Phi) is 3.46. The fourth-order valence-electron chi connectivity index (χ4n) is 1.68. The van der Waals surface area contributed by atoms with E-state index in [2.05, 4.69) is 0 Å². The molecule has 0 aliphatic carbocycles. The summed E-state index contributed by atoms with van der Waals surface area (Å²) in [7, 11) is 2.92. The molecular weight excluding hydrogens is 238 g/mol. The lowest BCUT2D eigenvalue weighted by molar-refractivity contribution is 0.411.